The van der Waals surface area contributed by atoms with Crippen LogP contribution in [-0.4, -0.2) is 41.1 Å². The van der Waals surface area contributed by atoms with E-state index < -0.39 is 10.9 Å². The molecule has 0 aromatic heterocycles. The molecule has 1 N–H and O–H groups in total. The second-order valence-electron chi connectivity index (χ2n) is 5.15. The van der Waals surface area contributed by atoms with Gasteiger partial charge in [0.25, 0.3) is 0 Å². The van der Waals surface area contributed by atoms with E-state index in [-0.39, 0.29) is 17.4 Å². The molecule has 114 valence electrons. The molecule has 7 heteroatoms. The van der Waals surface area contributed by atoms with Crippen molar-refractivity contribution in [3.8, 4) is 5.75 Å². The van der Waals surface area contributed by atoms with Gasteiger partial charge in [-0.25, -0.2) is 0 Å². The van der Waals surface area contributed by atoms with Gasteiger partial charge in [0.2, 0.25) is 0 Å². The standard InChI is InChI=1S/C14H18N2O5/c1-21-13-3-2-10(8-12(13)16(19)20)9-15-6-4-11(5-7-15)14(17)18/h2-3,8,11H,4-7,9H2,1H3,(H,17,18). The quantitative estimate of drug-likeness (QED) is 0.658. The lowest BCUT2D eigenvalue weighted by Gasteiger charge is -2.29. The van der Waals surface area contributed by atoms with Crippen LogP contribution in [0.15, 0.2) is 18.2 Å². The average Bonchev–Trinajstić information content (AvgIpc) is 2.47. The number of aliphatic carboxylic acids is 1. The van der Waals surface area contributed by atoms with E-state index in [0.29, 0.717) is 32.5 Å². The Morgan fingerprint density at radius 2 is 2.14 bits per heavy atom. The zero-order valence-electron chi connectivity index (χ0n) is 11.8. The SMILES string of the molecule is COc1ccc(CN2CCC(C(=O)O)CC2)cc1[N+](=O)[O-]. The van der Waals surface area contributed by atoms with Gasteiger partial charge in [-0.15, -0.1) is 0 Å². The van der Waals surface area contributed by atoms with Crippen LogP contribution in [0.5, 0.6) is 5.75 Å². The Balaban J connectivity index is 2.02. The first-order valence-corrected chi connectivity index (χ1v) is 6.77. The molecule has 1 heterocycles. The van der Waals surface area contributed by atoms with Crippen molar-refractivity contribution in [1.82, 2.24) is 4.90 Å². The number of carboxylic acid groups (broad SMARTS) is 1. The Labute approximate surface area is 122 Å². The van der Waals surface area contributed by atoms with Crippen molar-refractivity contribution in [2.24, 2.45) is 5.92 Å². The summed E-state index contributed by atoms with van der Waals surface area (Å²) < 4.78 is 4.97. The van der Waals surface area contributed by atoms with E-state index in [0.717, 1.165) is 5.56 Å². The monoisotopic (exact) mass is 294 g/mol. The lowest BCUT2D eigenvalue weighted by atomic mass is 9.97. The van der Waals surface area contributed by atoms with E-state index >= 15 is 0 Å². The Kier molecular flexibility index (Phi) is 4.74. The minimum Gasteiger partial charge on any atom is -0.490 e. The predicted molar refractivity (Wildman–Crippen MR) is 75.3 cm³/mol. The van der Waals surface area contributed by atoms with Gasteiger partial charge in [-0.2, -0.15) is 0 Å². The van der Waals surface area contributed by atoms with E-state index in [1.165, 1.54) is 13.2 Å². The van der Waals surface area contributed by atoms with Gasteiger partial charge in [-0.3, -0.25) is 19.8 Å². The van der Waals surface area contributed by atoms with E-state index in [2.05, 4.69) is 4.90 Å². The molecule has 0 aliphatic carbocycles. The number of piperidine rings is 1. The second kappa shape index (κ2) is 6.53. The molecule has 1 aromatic rings. The van der Waals surface area contributed by atoms with Crippen LogP contribution in [0.2, 0.25) is 0 Å². The Hall–Kier alpha value is -2.15. The second-order valence-corrected chi connectivity index (χ2v) is 5.15. The molecule has 0 saturated carbocycles. The molecule has 0 atom stereocenters. The van der Waals surface area contributed by atoms with Crippen molar-refractivity contribution >= 4 is 11.7 Å². The van der Waals surface area contributed by atoms with Gasteiger partial charge >= 0.3 is 11.7 Å². The molecule has 0 radical (unpaired) electrons. The molecule has 7 nitrogen and oxygen atoms in total. The van der Waals surface area contributed by atoms with Crippen LogP contribution < -0.4 is 4.74 Å². The summed E-state index contributed by atoms with van der Waals surface area (Å²) in [5, 5.41) is 20.0. The summed E-state index contributed by atoms with van der Waals surface area (Å²) in [6.45, 7) is 1.96. The van der Waals surface area contributed by atoms with Gasteiger partial charge in [0, 0.05) is 12.6 Å². The molecule has 1 aromatic carbocycles. The fourth-order valence-electron chi connectivity index (χ4n) is 2.57. The highest BCUT2D eigenvalue weighted by molar-refractivity contribution is 5.70. The molecule has 1 fully saturated rings. The lowest BCUT2D eigenvalue weighted by molar-refractivity contribution is -0.385. The number of rotatable bonds is 5. The number of ether oxygens (including phenoxy) is 1. The third kappa shape index (κ3) is 3.69. The van der Waals surface area contributed by atoms with Crippen LogP contribution in [0.1, 0.15) is 18.4 Å². The molecular formula is C14H18N2O5. The van der Waals surface area contributed by atoms with Gasteiger partial charge in [-0.1, -0.05) is 6.07 Å². The number of nitro groups is 1. The fourth-order valence-corrected chi connectivity index (χ4v) is 2.57. The highest BCUT2D eigenvalue weighted by Crippen LogP contribution is 2.28. The van der Waals surface area contributed by atoms with E-state index in [1.54, 1.807) is 12.1 Å². The number of carbonyl (C=O) groups is 1. The molecule has 1 aliphatic rings. The van der Waals surface area contributed by atoms with Gasteiger partial charge in [-0.05, 0) is 37.6 Å². The number of carboxylic acids is 1. The van der Waals surface area contributed by atoms with Gasteiger partial charge < -0.3 is 9.84 Å². The number of methoxy groups -OCH3 is 1. The average molecular weight is 294 g/mol. The largest absolute Gasteiger partial charge is 0.490 e. The minimum atomic E-state index is -0.741. The maximum atomic E-state index is 11.0. The summed E-state index contributed by atoms with van der Waals surface area (Å²) in [5.74, 6) is -0.769. The Morgan fingerprint density at radius 1 is 1.48 bits per heavy atom. The summed E-state index contributed by atoms with van der Waals surface area (Å²) in [6, 6.07) is 4.91. The van der Waals surface area contributed by atoms with Crippen molar-refractivity contribution in [3.63, 3.8) is 0 Å². The summed E-state index contributed by atoms with van der Waals surface area (Å²) in [5.41, 5.74) is 0.784. The van der Waals surface area contributed by atoms with Gasteiger partial charge in [0.15, 0.2) is 5.75 Å². The summed E-state index contributed by atoms with van der Waals surface area (Å²) in [4.78, 5) is 23.5. The zero-order valence-corrected chi connectivity index (χ0v) is 11.8. The van der Waals surface area contributed by atoms with Crippen molar-refractivity contribution in [1.29, 1.82) is 0 Å². The first kappa shape index (κ1) is 15.2. The maximum absolute atomic E-state index is 11.0. The highest BCUT2D eigenvalue weighted by atomic mass is 16.6. The van der Waals surface area contributed by atoms with Gasteiger partial charge in [0.1, 0.15) is 0 Å². The maximum Gasteiger partial charge on any atom is 0.311 e. The normalized spacial score (nSPS) is 16.6. The number of hydrogen-bond acceptors (Lipinski definition) is 5. The first-order chi connectivity index (χ1) is 10.0. The Morgan fingerprint density at radius 3 is 2.67 bits per heavy atom. The van der Waals surface area contributed by atoms with Crippen LogP contribution in [0, 0.1) is 16.0 Å². The van der Waals surface area contributed by atoms with E-state index in [1.807, 2.05) is 0 Å². The van der Waals surface area contributed by atoms with Crippen LogP contribution in [0.3, 0.4) is 0 Å². The fraction of sp³-hybridized carbons (Fsp3) is 0.500. The molecule has 0 bridgehead atoms. The lowest BCUT2D eigenvalue weighted by Crippen LogP contribution is -2.35. The number of benzene rings is 1. The van der Waals surface area contributed by atoms with Crippen molar-refractivity contribution in [2.45, 2.75) is 19.4 Å². The number of likely N-dealkylation sites (tertiary alicyclic amines) is 1. The minimum absolute atomic E-state index is 0.0459. The molecule has 21 heavy (non-hydrogen) atoms. The zero-order chi connectivity index (χ0) is 15.4. The van der Waals surface area contributed by atoms with Crippen molar-refractivity contribution in [2.75, 3.05) is 20.2 Å². The third-order valence-corrected chi connectivity index (χ3v) is 3.78. The highest BCUT2D eigenvalue weighted by Gasteiger charge is 2.25. The molecule has 0 amide bonds. The van der Waals surface area contributed by atoms with Crippen LogP contribution >= 0.6 is 0 Å². The molecule has 1 aliphatic heterocycles. The molecule has 0 spiro atoms. The predicted octanol–water partition coefficient (Wildman–Crippen LogP) is 1.90. The molecular weight excluding hydrogens is 276 g/mol. The molecule has 1 saturated heterocycles. The van der Waals surface area contributed by atoms with E-state index in [4.69, 9.17) is 9.84 Å². The molecule has 2 rings (SSSR count). The number of nitro benzene ring substituents is 1. The van der Waals surface area contributed by atoms with E-state index in [9.17, 15) is 14.9 Å². The molecule has 0 unspecified atom stereocenters. The third-order valence-electron chi connectivity index (χ3n) is 3.78. The topological polar surface area (TPSA) is 92.9 Å². The van der Waals surface area contributed by atoms with Crippen LogP contribution in [-0.2, 0) is 11.3 Å². The summed E-state index contributed by atoms with van der Waals surface area (Å²) >= 11 is 0. The first-order valence-electron chi connectivity index (χ1n) is 6.77. The van der Waals surface area contributed by atoms with Crippen LogP contribution in [0.25, 0.3) is 0 Å². The number of nitrogens with zero attached hydrogens (tertiary/aromatic N) is 2. The van der Waals surface area contributed by atoms with Crippen LogP contribution in [0.4, 0.5) is 5.69 Å². The summed E-state index contributed by atoms with van der Waals surface area (Å²) in [6.07, 6.45) is 1.24. The smallest absolute Gasteiger partial charge is 0.311 e. The number of hydrogen-bond donors (Lipinski definition) is 1. The van der Waals surface area contributed by atoms with Crippen molar-refractivity contribution < 1.29 is 19.6 Å². The Bertz CT molecular complexity index is 538. The van der Waals surface area contributed by atoms with Crippen molar-refractivity contribution in [3.05, 3.63) is 33.9 Å². The van der Waals surface area contributed by atoms with Gasteiger partial charge in [0.05, 0.1) is 18.0 Å². The summed E-state index contributed by atoms with van der Waals surface area (Å²) in [7, 11) is 1.40.